The van der Waals surface area contributed by atoms with Gasteiger partial charge in [-0.05, 0) is 49.8 Å². The van der Waals surface area contributed by atoms with Crippen molar-refractivity contribution in [1.82, 2.24) is 4.98 Å². The zero-order chi connectivity index (χ0) is 15.4. The minimum absolute atomic E-state index is 0.0623. The first-order valence-electron chi connectivity index (χ1n) is 6.21. The van der Waals surface area contributed by atoms with Crippen molar-refractivity contribution in [3.8, 4) is 0 Å². The number of anilines is 2. The van der Waals surface area contributed by atoms with Gasteiger partial charge >= 0.3 is 0 Å². The summed E-state index contributed by atoms with van der Waals surface area (Å²) >= 11 is 5.20. The second-order valence-electron chi connectivity index (χ2n) is 4.53. The summed E-state index contributed by atoms with van der Waals surface area (Å²) < 4.78 is 0. The summed E-state index contributed by atoms with van der Waals surface area (Å²) in [5.41, 5.74) is 2.91. The molecule has 1 aromatic heterocycles. The average molecular weight is 302 g/mol. The predicted molar refractivity (Wildman–Crippen MR) is 86.7 cm³/mol. The van der Waals surface area contributed by atoms with Crippen molar-refractivity contribution in [2.75, 3.05) is 10.6 Å². The number of hydrogen-bond acceptors (Lipinski definition) is 4. The molecule has 108 valence electrons. The number of benzene rings is 1. The Morgan fingerprint density at radius 2 is 2.05 bits per heavy atom. The normalized spacial score (nSPS) is 10.0. The zero-order valence-corrected chi connectivity index (χ0v) is 12.4. The van der Waals surface area contributed by atoms with Crippen LogP contribution in [0.1, 0.15) is 11.1 Å². The van der Waals surface area contributed by atoms with Crippen molar-refractivity contribution in [2.45, 2.75) is 13.8 Å². The molecule has 7 heteroatoms. The number of pyridine rings is 1. The van der Waals surface area contributed by atoms with Gasteiger partial charge < -0.3 is 10.6 Å². The van der Waals surface area contributed by atoms with Crippen LogP contribution in [0, 0.1) is 24.0 Å². The van der Waals surface area contributed by atoms with Gasteiger partial charge in [-0.15, -0.1) is 0 Å². The Morgan fingerprint density at radius 1 is 1.29 bits per heavy atom. The molecule has 0 radical (unpaired) electrons. The van der Waals surface area contributed by atoms with Crippen molar-refractivity contribution in [3.05, 3.63) is 57.9 Å². The Morgan fingerprint density at radius 3 is 2.67 bits per heavy atom. The smallest absolute Gasteiger partial charge is 0.274 e. The van der Waals surface area contributed by atoms with E-state index in [1.165, 1.54) is 6.07 Å². The second kappa shape index (κ2) is 6.27. The van der Waals surface area contributed by atoms with Gasteiger partial charge in [-0.1, -0.05) is 0 Å². The van der Waals surface area contributed by atoms with Crippen molar-refractivity contribution in [2.24, 2.45) is 0 Å². The van der Waals surface area contributed by atoms with E-state index >= 15 is 0 Å². The number of aromatic nitrogens is 1. The summed E-state index contributed by atoms with van der Waals surface area (Å²) in [4.78, 5) is 14.5. The Balaban J connectivity index is 2.17. The molecule has 1 aromatic carbocycles. The second-order valence-corrected chi connectivity index (χ2v) is 4.94. The van der Waals surface area contributed by atoms with Crippen LogP contribution >= 0.6 is 12.2 Å². The van der Waals surface area contributed by atoms with Crippen LogP contribution in [0.2, 0.25) is 0 Å². The first-order valence-corrected chi connectivity index (χ1v) is 6.62. The van der Waals surface area contributed by atoms with E-state index in [0.717, 1.165) is 11.3 Å². The lowest BCUT2D eigenvalue weighted by molar-refractivity contribution is -0.385. The summed E-state index contributed by atoms with van der Waals surface area (Å²) in [6.07, 6.45) is 3.30. The van der Waals surface area contributed by atoms with Gasteiger partial charge in [-0.25, -0.2) is 0 Å². The topological polar surface area (TPSA) is 80.1 Å². The number of nitrogens with one attached hydrogen (secondary N) is 2. The molecule has 1 heterocycles. The van der Waals surface area contributed by atoms with Gasteiger partial charge in [0.25, 0.3) is 5.69 Å². The van der Waals surface area contributed by atoms with Crippen molar-refractivity contribution >= 4 is 34.4 Å². The molecule has 0 aliphatic rings. The monoisotopic (exact) mass is 302 g/mol. The number of nitrogens with zero attached hydrogens (tertiary/aromatic N) is 2. The highest BCUT2D eigenvalue weighted by atomic mass is 32.1. The van der Waals surface area contributed by atoms with E-state index in [2.05, 4.69) is 15.6 Å². The van der Waals surface area contributed by atoms with Crippen LogP contribution in [-0.2, 0) is 0 Å². The first-order chi connectivity index (χ1) is 9.97. The third-order valence-electron chi connectivity index (χ3n) is 2.91. The minimum atomic E-state index is -0.405. The Labute approximate surface area is 127 Å². The van der Waals surface area contributed by atoms with Crippen LogP contribution in [0.5, 0.6) is 0 Å². The largest absolute Gasteiger partial charge is 0.332 e. The molecule has 0 spiro atoms. The molecule has 2 rings (SSSR count). The number of aryl methyl sites for hydroxylation is 2. The molecule has 0 aliphatic carbocycles. The lowest BCUT2D eigenvalue weighted by Gasteiger charge is -2.13. The fourth-order valence-electron chi connectivity index (χ4n) is 1.89. The highest BCUT2D eigenvalue weighted by Gasteiger charge is 2.14. The average Bonchev–Trinajstić information content (AvgIpc) is 2.42. The van der Waals surface area contributed by atoms with E-state index in [0.29, 0.717) is 16.4 Å². The van der Waals surface area contributed by atoms with E-state index in [1.54, 1.807) is 31.5 Å². The summed E-state index contributed by atoms with van der Waals surface area (Å²) in [5.74, 6) is 0. The number of nitro benzene ring substituents is 1. The van der Waals surface area contributed by atoms with Crippen molar-refractivity contribution in [3.63, 3.8) is 0 Å². The molecule has 6 nitrogen and oxygen atoms in total. The van der Waals surface area contributed by atoms with Gasteiger partial charge in [0.2, 0.25) is 0 Å². The van der Waals surface area contributed by atoms with E-state index in [-0.39, 0.29) is 5.69 Å². The fourth-order valence-corrected chi connectivity index (χ4v) is 2.12. The lowest BCUT2D eigenvalue weighted by atomic mass is 10.1. The summed E-state index contributed by atoms with van der Waals surface area (Å²) in [6, 6.07) is 6.85. The molecule has 0 saturated carbocycles. The molecule has 0 saturated heterocycles. The van der Waals surface area contributed by atoms with Gasteiger partial charge in [0.15, 0.2) is 5.11 Å². The van der Waals surface area contributed by atoms with Gasteiger partial charge in [-0.3, -0.25) is 15.1 Å². The summed E-state index contributed by atoms with van der Waals surface area (Å²) in [5, 5.41) is 17.3. The van der Waals surface area contributed by atoms with Crippen LogP contribution in [0.15, 0.2) is 36.7 Å². The summed E-state index contributed by atoms with van der Waals surface area (Å²) in [6.45, 7) is 3.58. The van der Waals surface area contributed by atoms with Gasteiger partial charge in [0, 0.05) is 17.8 Å². The molecule has 0 bridgehead atoms. The van der Waals surface area contributed by atoms with E-state index in [4.69, 9.17) is 12.2 Å². The molecular formula is C14H14N4O2S. The van der Waals surface area contributed by atoms with Gasteiger partial charge in [-0.2, -0.15) is 0 Å². The van der Waals surface area contributed by atoms with Crippen molar-refractivity contribution < 1.29 is 4.92 Å². The summed E-state index contributed by atoms with van der Waals surface area (Å²) in [7, 11) is 0. The Bertz CT molecular complexity index is 689. The maximum absolute atomic E-state index is 11.0. The third kappa shape index (κ3) is 3.73. The maximum atomic E-state index is 11.0. The molecule has 0 aliphatic heterocycles. The number of rotatable bonds is 3. The zero-order valence-electron chi connectivity index (χ0n) is 11.6. The van der Waals surface area contributed by atoms with Crippen molar-refractivity contribution in [1.29, 1.82) is 0 Å². The minimum Gasteiger partial charge on any atom is -0.332 e. The van der Waals surface area contributed by atoms with Crippen LogP contribution in [0.3, 0.4) is 0 Å². The molecule has 21 heavy (non-hydrogen) atoms. The molecule has 0 fully saturated rings. The Hall–Kier alpha value is -2.54. The SMILES string of the molecule is Cc1cc(C)c([N+](=O)[O-])cc1NC(=S)Nc1cccnc1. The first kappa shape index (κ1) is 14.9. The molecule has 0 unspecified atom stereocenters. The van der Waals surface area contributed by atoms with E-state index < -0.39 is 4.92 Å². The maximum Gasteiger partial charge on any atom is 0.274 e. The molecule has 0 atom stereocenters. The van der Waals surface area contributed by atoms with Crippen LogP contribution < -0.4 is 10.6 Å². The van der Waals surface area contributed by atoms with E-state index in [9.17, 15) is 10.1 Å². The standard InChI is InChI=1S/C14H14N4O2S/c1-9-6-10(2)13(18(19)20)7-12(9)17-14(21)16-11-4-3-5-15-8-11/h3-8H,1-2H3,(H2,16,17,21). The Kier molecular flexibility index (Phi) is 4.44. The predicted octanol–water partition coefficient (Wildman–Crippen LogP) is 3.42. The highest BCUT2D eigenvalue weighted by molar-refractivity contribution is 7.80. The third-order valence-corrected chi connectivity index (χ3v) is 3.11. The quantitative estimate of drug-likeness (QED) is 0.514. The van der Waals surface area contributed by atoms with E-state index in [1.807, 2.05) is 13.0 Å². The molecule has 2 N–H and O–H groups in total. The lowest BCUT2D eigenvalue weighted by Crippen LogP contribution is -2.19. The highest BCUT2D eigenvalue weighted by Crippen LogP contribution is 2.26. The fraction of sp³-hybridized carbons (Fsp3) is 0.143. The van der Waals surface area contributed by atoms with Crippen LogP contribution in [-0.4, -0.2) is 15.0 Å². The van der Waals surface area contributed by atoms with Crippen LogP contribution in [0.25, 0.3) is 0 Å². The number of nitro groups is 1. The molecular weight excluding hydrogens is 288 g/mol. The van der Waals surface area contributed by atoms with Crippen LogP contribution in [0.4, 0.5) is 17.1 Å². The van der Waals surface area contributed by atoms with Gasteiger partial charge in [0.1, 0.15) is 0 Å². The number of thiocarbonyl (C=S) groups is 1. The molecule has 0 amide bonds. The molecule has 2 aromatic rings. The van der Waals surface area contributed by atoms with Gasteiger partial charge in [0.05, 0.1) is 22.5 Å². The number of hydrogen-bond donors (Lipinski definition) is 2.